The van der Waals surface area contributed by atoms with Crippen molar-refractivity contribution in [3.63, 3.8) is 0 Å². The van der Waals surface area contributed by atoms with Crippen LogP contribution in [0.2, 0.25) is 0 Å². The SMILES string of the molecule is CCOc1nccc2c1C(c1ccc(C#N)cc1OC)C(C(=O)OC)=C(C)N2. The fourth-order valence-corrected chi connectivity index (χ4v) is 3.44. The Balaban J connectivity index is 2.33. The number of allylic oxidation sites excluding steroid dienone is 1. The second-order valence-corrected chi connectivity index (χ2v) is 6.17. The van der Waals surface area contributed by atoms with Gasteiger partial charge in [0.1, 0.15) is 5.75 Å². The highest BCUT2D eigenvalue weighted by Crippen LogP contribution is 2.48. The summed E-state index contributed by atoms with van der Waals surface area (Å²) in [6, 6.07) is 9.07. The van der Waals surface area contributed by atoms with Crippen molar-refractivity contribution in [1.29, 1.82) is 5.26 Å². The van der Waals surface area contributed by atoms with E-state index in [0.717, 1.165) is 16.8 Å². The molecule has 1 aliphatic heterocycles. The molecule has 7 heteroatoms. The van der Waals surface area contributed by atoms with Crippen LogP contribution in [-0.4, -0.2) is 31.8 Å². The lowest BCUT2D eigenvalue weighted by molar-refractivity contribution is -0.136. The highest BCUT2D eigenvalue weighted by atomic mass is 16.5. The van der Waals surface area contributed by atoms with Gasteiger partial charge in [-0.05, 0) is 32.0 Å². The Labute approximate surface area is 163 Å². The molecule has 1 unspecified atom stereocenters. The van der Waals surface area contributed by atoms with Gasteiger partial charge in [0.15, 0.2) is 0 Å². The van der Waals surface area contributed by atoms with Crippen molar-refractivity contribution >= 4 is 11.7 Å². The molecule has 7 nitrogen and oxygen atoms in total. The number of methoxy groups -OCH3 is 2. The largest absolute Gasteiger partial charge is 0.496 e. The van der Waals surface area contributed by atoms with E-state index >= 15 is 0 Å². The van der Waals surface area contributed by atoms with Crippen molar-refractivity contribution < 1.29 is 19.0 Å². The third kappa shape index (κ3) is 3.25. The van der Waals surface area contributed by atoms with Gasteiger partial charge in [0.05, 0.1) is 49.5 Å². The molecule has 3 rings (SSSR count). The number of nitrogens with one attached hydrogen (secondary N) is 1. The predicted molar refractivity (Wildman–Crippen MR) is 103 cm³/mol. The molecular formula is C21H21N3O4. The van der Waals surface area contributed by atoms with Crippen molar-refractivity contribution in [2.75, 3.05) is 26.1 Å². The van der Waals surface area contributed by atoms with Gasteiger partial charge in [-0.2, -0.15) is 5.26 Å². The summed E-state index contributed by atoms with van der Waals surface area (Å²) < 4.78 is 16.4. The number of rotatable bonds is 5. The van der Waals surface area contributed by atoms with E-state index in [1.165, 1.54) is 14.2 Å². The van der Waals surface area contributed by atoms with Gasteiger partial charge in [-0.25, -0.2) is 9.78 Å². The monoisotopic (exact) mass is 379 g/mol. The molecule has 0 fully saturated rings. The van der Waals surface area contributed by atoms with E-state index in [9.17, 15) is 10.1 Å². The second-order valence-electron chi connectivity index (χ2n) is 6.17. The minimum atomic E-state index is -0.526. The first-order valence-electron chi connectivity index (χ1n) is 8.81. The maximum Gasteiger partial charge on any atom is 0.336 e. The number of ether oxygens (including phenoxy) is 3. The molecule has 2 heterocycles. The Morgan fingerprint density at radius 2 is 2.11 bits per heavy atom. The summed E-state index contributed by atoms with van der Waals surface area (Å²) in [5.74, 6) is -0.0600. The molecule has 0 bridgehead atoms. The van der Waals surface area contributed by atoms with Crippen LogP contribution in [0.5, 0.6) is 11.6 Å². The summed E-state index contributed by atoms with van der Waals surface area (Å²) in [6.07, 6.45) is 1.65. The van der Waals surface area contributed by atoms with Gasteiger partial charge in [-0.15, -0.1) is 0 Å². The average molecular weight is 379 g/mol. The number of pyridine rings is 1. The summed E-state index contributed by atoms with van der Waals surface area (Å²) in [7, 11) is 2.88. The molecule has 0 saturated heterocycles. The second kappa shape index (κ2) is 8.01. The summed E-state index contributed by atoms with van der Waals surface area (Å²) in [5.41, 5.74) is 3.80. The number of nitrogens with zero attached hydrogens (tertiary/aromatic N) is 2. The van der Waals surface area contributed by atoms with E-state index in [1.807, 2.05) is 19.9 Å². The molecule has 1 aromatic carbocycles. The zero-order valence-corrected chi connectivity index (χ0v) is 16.2. The van der Waals surface area contributed by atoms with Gasteiger partial charge in [-0.3, -0.25) is 0 Å². The zero-order valence-electron chi connectivity index (χ0n) is 16.2. The molecule has 0 saturated carbocycles. The van der Waals surface area contributed by atoms with Crippen molar-refractivity contribution in [3.8, 4) is 17.7 Å². The lowest BCUT2D eigenvalue weighted by Gasteiger charge is -2.31. The lowest BCUT2D eigenvalue weighted by atomic mass is 9.80. The van der Waals surface area contributed by atoms with Crippen molar-refractivity contribution in [2.45, 2.75) is 19.8 Å². The standard InChI is InChI=1S/C21H21N3O4/c1-5-28-20-19-15(8-9-23-20)24-12(2)17(21(25)27-4)18(19)14-7-6-13(11-22)10-16(14)26-3/h6-10,18,24H,5H2,1-4H3. The van der Waals surface area contributed by atoms with E-state index in [0.29, 0.717) is 35.1 Å². The van der Waals surface area contributed by atoms with E-state index in [2.05, 4.69) is 16.4 Å². The van der Waals surface area contributed by atoms with Crippen molar-refractivity contribution in [2.24, 2.45) is 0 Å². The minimum Gasteiger partial charge on any atom is -0.496 e. The third-order valence-electron chi connectivity index (χ3n) is 4.62. The fraction of sp³-hybridized carbons (Fsp3) is 0.286. The van der Waals surface area contributed by atoms with Crippen LogP contribution >= 0.6 is 0 Å². The van der Waals surface area contributed by atoms with Crippen LogP contribution in [-0.2, 0) is 9.53 Å². The Morgan fingerprint density at radius 1 is 1.32 bits per heavy atom. The van der Waals surface area contributed by atoms with Crippen LogP contribution in [0.4, 0.5) is 5.69 Å². The molecule has 0 aliphatic carbocycles. The zero-order chi connectivity index (χ0) is 20.3. The molecule has 0 radical (unpaired) electrons. The Morgan fingerprint density at radius 3 is 2.75 bits per heavy atom. The number of esters is 1. The highest BCUT2D eigenvalue weighted by Gasteiger charge is 2.37. The summed E-state index contributed by atoms with van der Waals surface area (Å²) >= 11 is 0. The van der Waals surface area contributed by atoms with Gasteiger partial charge in [-0.1, -0.05) is 6.07 Å². The lowest BCUT2D eigenvalue weighted by Crippen LogP contribution is -2.25. The van der Waals surface area contributed by atoms with E-state index < -0.39 is 11.9 Å². The molecule has 1 N–H and O–H groups in total. The molecule has 144 valence electrons. The molecule has 2 aromatic rings. The number of aromatic nitrogens is 1. The van der Waals surface area contributed by atoms with Gasteiger partial charge < -0.3 is 19.5 Å². The van der Waals surface area contributed by atoms with Crippen LogP contribution in [0.15, 0.2) is 41.7 Å². The molecular weight excluding hydrogens is 358 g/mol. The number of benzene rings is 1. The third-order valence-corrected chi connectivity index (χ3v) is 4.62. The maximum atomic E-state index is 12.7. The molecule has 0 amide bonds. The molecule has 1 atom stereocenters. The summed E-state index contributed by atoms with van der Waals surface area (Å²) in [4.78, 5) is 17.0. The molecule has 1 aliphatic rings. The van der Waals surface area contributed by atoms with Gasteiger partial charge in [0, 0.05) is 23.1 Å². The van der Waals surface area contributed by atoms with E-state index in [4.69, 9.17) is 14.2 Å². The average Bonchev–Trinajstić information content (AvgIpc) is 2.72. The molecule has 0 spiro atoms. The van der Waals surface area contributed by atoms with Gasteiger partial charge in [0.2, 0.25) is 5.88 Å². The van der Waals surface area contributed by atoms with Crippen LogP contribution in [0, 0.1) is 11.3 Å². The van der Waals surface area contributed by atoms with Crippen molar-refractivity contribution in [1.82, 2.24) is 4.98 Å². The number of nitriles is 1. The number of hydrogen-bond acceptors (Lipinski definition) is 7. The van der Waals surface area contributed by atoms with E-state index in [-0.39, 0.29) is 0 Å². The topological polar surface area (TPSA) is 93.5 Å². The first-order valence-corrected chi connectivity index (χ1v) is 8.81. The predicted octanol–water partition coefficient (Wildman–Crippen LogP) is 3.36. The first-order chi connectivity index (χ1) is 13.5. The van der Waals surface area contributed by atoms with Gasteiger partial charge in [0.25, 0.3) is 0 Å². The van der Waals surface area contributed by atoms with E-state index in [1.54, 1.807) is 24.4 Å². The van der Waals surface area contributed by atoms with Crippen LogP contribution in [0.25, 0.3) is 0 Å². The van der Waals surface area contributed by atoms with Crippen LogP contribution in [0.3, 0.4) is 0 Å². The fourth-order valence-electron chi connectivity index (χ4n) is 3.44. The smallest absolute Gasteiger partial charge is 0.336 e. The summed E-state index contributed by atoms with van der Waals surface area (Å²) in [6.45, 7) is 4.12. The Kier molecular flexibility index (Phi) is 5.50. The van der Waals surface area contributed by atoms with Crippen LogP contribution < -0.4 is 14.8 Å². The first kappa shape index (κ1) is 19.2. The maximum absolute atomic E-state index is 12.7. The van der Waals surface area contributed by atoms with Crippen LogP contribution in [0.1, 0.15) is 36.5 Å². The number of fused-ring (bicyclic) bond motifs is 1. The summed E-state index contributed by atoms with van der Waals surface area (Å²) in [5, 5.41) is 12.5. The minimum absolute atomic E-state index is 0.428. The molecule has 28 heavy (non-hydrogen) atoms. The normalized spacial score (nSPS) is 15.2. The van der Waals surface area contributed by atoms with Crippen molar-refractivity contribution in [3.05, 3.63) is 58.4 Å². The number of anilines is 1. The highest BCUT2D eigenvalue weighted by molar-refractivity contribution is 5.95. The molecule has 1 aromatic heterocycles. The van der Waals surface area contributed by atoms with Gasteiger partial charge >= 0.3 is 5.97 Å². The number of carbonyl (C=O) groups excluding carboxylic acids is 1. The Bertz CT molecular complexity index is 992. The quantitative estimate of drug-likeness (QED) is 0.796. The number of carbonyl (C=O) groups is 1. The Hall–Kier alpha value is -3.53. The number of hydrogen-bond donors (Lipinski definition) is 1.